The standard InChI is InChI=1S/C14H15F2N3O/c1-9-8-20-7-6-19(9)14-10-4-2-3-5-11(10)17-13(18-14)12(15)16/h2-5,9,12H,6-8H2,1H3/t9-/m0/s1. The van der Waals surface area contributed by atoms with E-state index in [2.05, 4.69) is 9.97 Å². The Balaban J connectivity index is 2.16. The summed E-state index contributed by atoms with van der Waals surface area (Å²) < 4.78 is 31.3. The number of halogens is 2. The Morgan fingerprint density at radius 1 is 1.30 bits per heavy atom. The first-order chi connectivity index (χ1) is 9.66. The van der Waals surface area contributed by atoms with E-state index < -0.39 is 12.2 Å². The van der Waals surface area contributed by atoms with Crippen LogP contribution in [0.5, 0.6) is 0 Å². The second kappa shape index (κ2) is 5.28. The van der Waals surface area contributed by atoms with Crippen LogP contribution in [0, 0.1) is 0 Å². The molecule has 0 unspecified atom stereocenters. The van der Waals surface area contributed by atoms with E-state index in [1.54, 1.807) is 12.1 Å². The molecular formula is C14H15F2N3O. The number of morpholine rings is 1. The normalized spacial score (nSPS) is 19.8. The monoisotopic (exact) mass is 279 g/mol. The number of nitrogens with zero attached hydrogens (tertiary/aromatic N) is 3. The summed E-state index contributed by atoms with van der Waals surface area (Å²) in [5.74, 6) is 0.152. The summed E-state index contributed by atoms with van der Waals surface area (Å²) in [4.78, 5) is 10.0. The summed E-state index contributed by atoms with van der Waals surface area (Å²) >= 11 is 0. The fourth-order valence-electron chi connectivity index (χ4n) is 2.44. The predicted octanol–water partition coefficient (Wildman–Crippen LogP) is 2.79. The average Bonchev–Trinajstić information content (AvgIpc) is 2.46. The Bertz CT molecular complexity index is 620. The largest absolute Gasteiger partial charge is 0.377 e. The lowest BCUT2D eigenvalue weighted by Crippen LogP contribution is -2.44. The van der Waals surface area contributed by atoms with Crippen molar-refractivity contribution in [1.82, 2.24) is 9.97 Å². The Kier molecular flexibility index (Phi) is 3.48. The number of rotatable bonds is 2. The maximum atomic E-state index is 13.0. The van der Waals surface area contributed by atoms with Crippen LogP contribution in [0.15, 0.2) is 24.3 Å². The highest BCUT2D eigenvalue weighted by molar-refractivity contribution is 5.89. The van der Waals surface area contributed by atoms with Crippen molar-refractivity contribution in [2.75, 3.05) is 24.7 Å². The number of aromatic nitrogens is 2. The highest BCUT2D eigenvalue weighted by atomic mass is 19.3. The number of benzene rings is 1. The van der Waals surface area contributed by atoms with Gasteiger partial charge in [-0.1, -0.05) is 12.1 Å². The highest BCUT2D eigenvalue weighted by Gasteiger charge is 2.24. The lowest BCUT2D eigenvalue weighted by atomic mass is 10.2. The maximum Gasteiger partial charge on any atom is 0.297 e. The summed E-state index contributed by atoms with van der Waals surface area (Å²) in [5, 5.41) is 0.797. The second-order valence-corrected chi connectivity index (χ2v) is 4.84. The van der Waals surface area contributed by atoms with Crippen molar-refractivity contribution >= 4 is 16.7 Å². The molecule has 0 aliphatic carbocycles. The van der Waals surface area contributed by atoms with E-state index in [0.717, 1.165) is 5.39 Å². The van der Waals surface area contributed by atoms with Gasteiger partial charge >= 0.3 is 0 Å². The molecule has 1 aromatic carbocycles. The third-order valence-corrected chi connectivity index (χ3v) is 3.44. The lowest BCUT2D eigenvalue weighted by Gasteiger charge is -2.35. The van der Waals surface area contributed by atoms with Gasteiger partial charge in [0, 0.05) is 11.9 Å². The van der Waals surface area contributed by atoms with Crippen molar-refractivity contribution in [3.63, 3.8) is 0 Å². The molecule has 1 aliphatic heterocycles. The third kappa shape index (κ3) is 2.31. The average molecular weight is 279 g/mol. The Morgan fingerprint density at radius 2 is 2.10 bits per heavy atom. The van der Waals surface area contributed by atoms with Crippen LogP contribution < -0.4 is 4.90 Å². The zero-order valence-electron chi connectivity index (χ0n) is 11.1. The van der Waals surface area contributed by atoms with Crippen LogP contribution in [0.25, 0.3) is 10.9 Å². The molecule has 2 aromatic rings. The Labute approximate surface area is 115 Å². The van der Waals surface area contributed by atoms with E-state index in [1.165, 1.54) is 0 Å². The topological polar surface area (TPSA) is 38.2 Å². The summed E-state index contributed by atoms with van der Waals surface area (Å²) in [6.07, 6.45) is -2.67. The fraction of sp³-hybridized carbons (Fsp3) is 0.429. The molecule has 1 aromatic heterocycles. The number of fused-ring (bicyclic) bond motifs is 1. The van der Waals surface area contributed by atoms with Gasteiger partial charge in [0.25, 0.3) is 6.43 Å². The molecule has 1 aliphatic rings. The van der Waals surface area contributed by atoms with Crippen LogP contribution >= 0.6 is 0 Å². The van der Waals surface area contributed by atoms with Gasteiger partial charge in [-0.3, -0.25) is 0 Å². The van der Waals surface area contributed by atoms with Crippen LogP contribution in [0.1, 0.15) is 19.2 Å². The Hall–Kier alpha value is -1.82. The van der Waals surface area contributed by atoms with Gasteiger partial charge < -0.3 is 9.64 Å². The van der Waals surface area contributed by atoms with Crippen molar-refractivity contribution in [2.24, 2.45) is 0 Å². The van der Waals surface area contributed by atoms with Gasteiger partial charge in [-0.25, -0.2) is 18.7 Å². The molecule has 1 saturated heterocycles. The number of ether oxygens (including phenoxy) is 1. The van der Waals surface area contributed by atoms with Gasteiger partial charge in [-0.2, -0.15) is 0 Å². The number of hydrogen-bond acceptors (Lipinski definition) is 4. The zero-order valence-corrected chi connectivity index (χ0v) is 11.1. The minimum atomic E-state index is -2.67. The van der Waals surface area contributed by atoms with Crippen LogP contribution in [0.3, 0.4) is 0 Å². The van der Waals surface area contributed by atoms with Gasteiger partial charge in [0.15, 0.2) is 5.82 Å². The summed E-state index contributed by atoms with van der Waals surface area (Å²) in [6, 6.07) is 7.35. The molecule has 1 atom stereocenters. The molecule has 0 bridgehead atoms. The molecule has 106 valence electrons. The lowest BCUT2D eigenvalue weighted by molar-refractivity contribution is 0.0984. The van der Waals surface area contributed by atoms with Crippen molar-refractivity contribution in [3.05, 3.63) is 30.1 Å². The first kappa shape index (κ1) is 13.2. The molecule has 0 radical (unpaired) electrons. The van der Waals surface area contributed by atoms with Gasteiger partial charge in [-0.05, 0) is 19.1 Å². The van der Waals surface area contributed by atoms with Crippen LogP contribution in [0.4, 0.5) is 14.6 Å². The first-order valence-corrected chi connectivity index (χ1v) is 6.56. The van der Waals surface area contributed by atoms with Crippen LogP contribution in [-0.4, -0.2) is 35.8 Å². The predicted molar refractivity (Wildman–Crippen MR) is 72.1 cm³/mol. The first-order valence-electron chi connectivity index (χ1n) is 6.56. The summed E-state index contributed by atoms with van der Waals surface area (Å²) in [6.45, 7) is 3.79. The molecular weight excluding hydrogens is 264 g/mol. The highest BCUT2D eigenvalue weighted by Crippen LogP contribution is 2.29. The minimum absolute atomic E-state index is 0.104. The number of alkyl halides is 2. The molecule has 4 nitrogen and oxygen atoms in total. The SMILES string of the molecule is C[C@H]1COCCN1c1nc(C(F)F)nc2ccccc12. The minimum Gasteiger partial charge on any atom is -0.377 e. The number of hydrogen-bond donors (Lipinski definition) is 0. The van der Waals surface area contributed by atoms with E-state index in [0.29, 0.717) is 31.1 Å². The molecule has 3 rings (SSSR count). The van der Waals surface area contributed by atoms with E-state index >= 15 is 0 Å². The van der Waals surface area contributed by atoms with Gasteiger partial charge in [0.05, 0.1) is 24.8 Å². The quantitative estimate of drug-likeness (QED) is 0.847. The molecule has 6 heteroatoms. The molecule has 2 heterocycles. The Morgan fingerprint density at radius 3 is 2.85 bits per heavy atom. The maximum absolute atomic E-state index is 13.0. The van der Waals surface area contributed by atoms with Gasteiger partial charge in [0.1, 0.15) is 5.82 Å². The van der Waals surface area contributed by atoms with E-state index in [1.807, 2.05) is 24.0 Å². The smallest absolute Gasteiger partial charge is 0.297 e. The van der Waals surface area contributed by atoms with Crippen molar-refractivity contribution in [1.29, 1.82) is 0 Å². The van der Waals surface area contributed by atoms with Gasteiger partial charge in [0.2, 0.25) is 0 Å². The number of anilines is 1. The summed E-state index contributed by atoms with van der Waals surface area (Å²) in [7, 11) is 0. The summed E-state index contributed by atoms with van der Waals surface area (Å²) in [5.41, 5.74) is 0.548. The third-order valence-electron chi connectivity index (χ3n) is 3.44. The van der Waals surface area contributed by atoms with Crippen molar-refractivity contribution < 1.29 is 13.5 Å². The number of para-hydroxylation sites is 1. The molecule has 0 spiro atoms. The zero-order chi connectivity index (χ0) is 14.1. The molecule has 0 saturated carbocycles. The second-order valence-electron chi connectivity index (χ2n) is 4.84. The fourth-order valence-corrected chi connectivity index (χ4v) is 2.44. The van der Waals surface area contributed by atoms with Crippen LogP contribution in [-0.2, 0) is 4.74 Å². The van der Waals surface area contributed by atoms with Crippen molar-refractivity contribution in [2.45, 2.75) is 19.4 Å². The van der Waals surface area contributed by atoms with E-state index in [-0.39, 0.29) is 6.04 Å². The van der Waals surface area contributed by atoms with E-state index in [9.17, 15) is 8.78 Å². The molecule has 1 fully saturated rings. The molecule has 0 N–H and O–H groups in total. The molecule has 20 heavy (non-hydrogen) atoms. The van der Waals surface area contributed by atoms with Gasteiger partial charge in [-0.15, -0.1) is 0 Å². The van der Waals surface area contributed by atoms with Crippen LogP contribution in [0.2, 0.25) is 0 Å². The van der Waals surface area contributed by atoms with Crippen molar-refractivity contribution in [3.8, 4) is 0 Å². The molecule has 0 amide bonds. The van der Waals surface area contributed by atoms with E-state index in [4.69, 9.17) is 4.74 Å².